The summed E-state index contributed by atoms with van der Waals surface area (Å²) >= 11 is 5.62. The molecule has 0 unspecified atom stereocenters. The number of piperazine rings is 1. The van der Waals surface area contributed by atoms with E-state index >= 15 is 0 Å². The Balaban J connectivity index is 1.46. The number of nitrogens with one attached hydrogen (secondary N) is 1. The molecule has 0 radical (unpaired) electrons. The van der Waals surface area contributed by atoms with Gasteiger partial charge in [-0.25, -0.2) is 0 Å². The van der Waals surface area contributed by atoms with Gasteiger partial charge in [0.25, 0.3) is 0 Å². The topological polar surface area (TPSA) is 38.8 Å². The number of aryl methyl sites for hydroxylation is 2. The minimum atomic E-state index is 0.280. The van der Waals surface area contributed by atoms with E-state index in [1.54, 1.807) is 0 Å². The predicted molar refractivity (Wildman–Crippen MR) is 120 cm³/mol. The molecule has 2 aliphatic rings. The van der Waals surface area contributed by atoms with E-state index < -0.39 is 0 Å². The van der Waals surface area contributed by atoms with E-state index in [2.05, 4.69) is 65.9 Å². The fraction of sp³-hybridized carbons (Fsp3) is 0.636. The third-order valence-electron chi connectivity index (χ3n) is 5.71. The summed E-state index contributed by atoms with van der Waals surface area (Å²) in [6, 6.07) is 6.40. The maximum absolute atomic E-state index is 12.7. The summed E-state index contributed by atoms with van der Waals surface area (Å²) in [4.78, 5) is 19.3. The van der Waals surface area contributed by atoms with E-state index in [1.165, 1.54) is 17.5 Å². The number of anilines is 1. The van der Waals surface area contributed by atoms with Gasteiger partial charge in [0, 0.05) is 45.0 Å². The monoisotopic (exact) mass is 402 g/mol. The highest BCUT2D eigenvalue weighted by atomic mass is 32.1. The van der Waals surface area contributed by atoms with Crippen molar-refractivity contribution in [2.75, 3.05) is 51.1 Å². The molecule has 1 aromatic carbocycles. The first kappa shape index (κ1) is 21.1. The number of thiocarbonyl (C=S) groups is 1. The number of benzene rings is 1. The second-order valence-corrected chi connectivity index (χ2v) is 9.20. The van der Waals surface area contributed by atoms with Gasteiger partial charge in [-0.3, -0.25) is 9.69 Å². The van der Waals surface area contributed by atoms with Crippen LogP contribution in [0.15, 0.2) is 18.2 Å². The molecule has 2 saturated heterocycles. The van der Waals surface area contributed by atoms with Crippen molar-refractivity contribution in [3.8, 4) is 0 Å². The van der Waals surface area contributed by atoms with Crippen LogP contribution < -0.4 is 5.32 Å². The average Bonchev–Trinajstić information content (AvgIpc) is 2.60. The average molecular weight is 403 g/mol. The highest BCUT2D eigenvalue weighted by Crippen LogP contribution is 2.21. The largest absolute Gasteiger partial charge is 0.346 e. The Hall–Kier alpha value is -1.66. The quantitative estimate of drug-likeness (QED) is 0.787. The molecule has 154 valence electrons. The fourth-order valence-electron chi connectivity index (χ4n) is 4.52. The number of piperidine rings is 1. The molecule has 28 heavy (non-hydrogen) atoms. The molecular weight excluding hydrogens is 368 g/mol. The standard InChI is InChI=1S/C22H34N4OS/c1-16-9-17(2)12-20(11-16)23-22(28)25-7-5-24(6-8-25)15-21(27)26-13-18(3)10-19(4)14-26/h9,11-12,18-19H,5-8,10,13-15H2,1-4H3,(H,23,28)/t18-,19+. The van der Waals surface area contributed by atoms with Crippen LogP contribution in [0.3, 0.4) is 0 Å². The Morgan fingerprint density at radius 2 is 1.57 bits per heavy atom. The molecule has 6 heteroatoms. The van der Waals surface area contributed by atoms with Crippen LogP contribution >= 0.6 is 12.2 Å². The van der Waals surface area contributed by atoms with Crippen LogP contribution in [0.2, 0.25) is 0 Å². The fourth-order valence-corrected chi connectivity index (χ4v) is 4.82. The number of amides is 1. The summed E-state index contributed by atoms with van der Waals surface area (Å²) in [6.07, 6.45) is 1.23. The Morgan fingerprint density at radius 3 is 2.14 bits per heavy atom. The highest BCUT2D eigenvalue weighted by molar-refractivity contribution is 7.80. The van der Waals surface area contributed by atoms with Crippen molar-refractivity contribution in [1.29, 1.82) is 0 Å². The van der Waals surface area contributed by atoms with E-state index in [0.717, 1.165) is 50.1 Å². The molecule has 5 nitrogen and oxygen atoms in total. The van der Waals surface area contributed by atoms with Gasteiger partial charge in [-0.1, -0.05) is 19.9 Å². The highest BCUT2D eigenvalue weighted by Gasteiger charge is 2.27. The molecule has 0 aromatic heterocycles. The summed E-state index contributed by atoms with van der Waals surface area (Å²) in [6.45, 7) is 14.5. The smallest absolute Gasteiger partial charge is 0.236 e. The lowest BCUT2D eigenvalue weighted by atomic mass is 9.92. The molecule has 2 atom stereocenters. The maximum atomic E-state index is 12.7. The van der Waals surface area contributed by atoms with Crippen LogP contribution in [0.1, 0.15) is 31.4 Å². The molecule has 0 aliphatic carbocycles. The predicted octanol–water partition coefficient (Wildman–Crippen LogP) is 3.12. The lowest BCUT2D eigenvalue weighted by molar-refractivity contribution is -0.135. The first-order valence-electron chi connectivity index (χ1n) is 10.4. The van der Waals surface area contributed by atoms with Gasteiger partial charge in [-0.2, -0.15) is 0 Å². The Labute approximate surface area is 175 Å². The minimum absolute atomic E-state index is 0.280. The van der Waals surface area contributed by atoms with Crippen LogP contribution in [0.25, 0.3) is 0 Å². The summed E-state index contributed by atoms with van der Waals surface area (Å²) in [7, 11) is 0. The number of rotatable bonds is 3. The van der Waals surface area contributed by atoms with Crippen molar-refractivity contribution in [1.82, 2.24) is 14.7 Å². The van der Waals surface area contributed by atoms with Crippen molar-refractivity contribution in [3.05, 3.63) is 29.3 Å². The molecule has 1 aromatic rings. The molecule has 1 amide bonds. The summed E-state index contributed by atoms with van der Waals surface area (Å²) in [5, 5.41) is 4.15. The van der Waals surface area contributed by atoms with Crippen LogP contribution in [-0.4, -0.2) is 71.5 Å². The van der Waals surface area contributed by atoms with Crippen LogP contribution in [0, 0.1) is 25.7 Å². The molecule has 2 fully saturated rings. The lowest BCUT2D eigenvalue weighted by Crippen LogP contribution is -2.53. The molecule has 3 rings (SSSR count). The van der Waals surface area contributed by atoms with Gasteiger partial charge >= 0.3 is 0 Å². The van der Waals surface area contributed by atoms with Crippen molar-refractivity contribution < 1.29 is 4.79 Å². The number of likely N-dealkylation sites (tertiary alicyclic amines) is 1. The van der Waals surface area contributed by atoms with E-state index in [-0.39, 0.29) is 5.91 Å². The van der Waals surface area contributed by atoms with E-state index in [9.17, 15) is 4.79 Å². The van der Waals surface area contributed by atoms with Gasteiger partial charge in [0.2, 0.25) is 5.91 Å². The number of hydrogen-bond donors (Lipinski definition) is 1. The molecule has 2 aliphatic heterocycles. The van der Waals surface area contributed by atoms with Gasteiger partial charge in [0.15, 0.2) is 5.11 Å². The van der Waals surface area contributed by atoms with Gasteiger partial charge in [-0.15, -0.1) is 0 Å². The zero-order valence-electron chi connectivity index (χ0n) is 17.7. The van der Waals surface area contributed by atoms with Gasteiger partial charge in [0.1, 0.15) is 0 Å². The third kappa shape index (κ3) is 5.67. The molecule has 2 heterocycles. The molecule has 1 N–H and O–H groups in total. The first-order valence-corrected chi connectivity index (χ1v) is 10.9. The number of carbonyl (C=O) groups excluding carboxylic acids is 1. The van der Waals surface area contributed by atoms with E-state index in [4.69, 9.17) is 12.2 Å². The molecular formula is C22H34N4OS. The second kappa shape index (κ2) is 9.23. The lowest BCUT2D eigenvalue weighted by Gasteiger charge is -2.39. The van der Waals surface area contributed by atoms with Crippen LogP contribution in [0.5, 0.6) is 0 Å². The Bertz CT molecular complexity index is 684. The SMILES string of the molecule is Cc1cc(C)cc(NC(=S)N2CCN(CC(=O)N3C[C@H](C)C[C@H](C)C3)CC2)c1. The van der Waals surface area contributed by atoms with Gasteiger partial charge < -0.3 is 15.1 Å². The van der Waals surface area contributed by atoms with Crippen molar-refractivity contribution in [2.24, 2.45) is 11.8 Å². The zero-order valence-corrected chi connectivity index (χ0v) is 18.5. The van der Waals surface area contributed by atoms with Crippen molar-refractivity contribution in [3.63, 3.8) is 0 Å². The minimum Gasteiger partial charge on any atom is -0.346 e. The molecule has 0 bridgehead atoms. The van der Waals surface area contributed by atoms with Crippen molar-refractivity contribution in [2.45, 2.75) is 34.1 Å². The zero-order chi connectivity index (χ0) is 20.3. The first-order chi connectivity index (χ1) is 13.3. The summed E-state index contributed by atoms with van der Waals surface area (Å²) < 4.78 is 0. The Morgan fingerprint density at radius 1 is 1.00 bits per heavy atom. The van der Waals surface area contributed by atoms with E-state index in [1.807, 2.05) is 0 Å². The van der Waals surface area contributed by atoms with Crippen LogP contribution in [0.4, 0.5) is 5.69 Å². The normalized spacial score (nSPS) is 23.6. The summed E-state index contributed by atoms with van der Waals surface area (Å²) in [5.41, 5.74) is 3.51. The molecule has 0 spiro atoms. The van der Waals surface area contributed by atoms with Crippen LogP contribution in [-0.2, 0) is 4.79 Å². The second-order valence-electron chi connectivity index (χ2n) is 8.81. The number of hydrogen-bond acceptors (Lipinski definition) is 3. The summed E-state index contributed by atoms with van der Waals surface area (Å²) in [5.74, 6) is 1.50. The Kier molecular flexibility index (Phi) is 6.94. The maximum Gasteiger partial charge on any atom is 0.236 e. The van der Waals surface area contributed by atoms with E-state index in [0.29, 0.717) is 18.4 Å². The van der Waals surface area contributed by atoms with Gasteiger partial charge in [-0.05, 0) is 67.6 Å². The van der Waals surface area contributed by atoms with Gasteiger partial charge in [0.05, 0.1) is 6.54 Å². The van der Waals surface area contributed by atoms with Crippen molar-refractivity contribution >= 4 is 28.9 Å². The number of nitrogens with zero attached hydrogens (tertiary/aromatic N) is 3. The third-order valence-corrected chi connectivity index (χ3v) is 6.07. The number of carbonyl (C=O) groups is 1. The molecule has 0 saturated carbocycles.